The highest BCUT2D eigenvalue weighted by Gasteiger charge is 2.22. The summed E-state index contributed by atoms with van der Waals surface area (Å²) in [6.45, 7) is 2.69. The average Bonchev–Trinajstić information content (AvgIpc) is 2.73. The predicted octanol–water partition coefficient (Wildman–Crippen LogP) is 4.64. The van der Waals surface area contributed by atoms with Crippen LogP contribution in [0.1, 0.15) is 24.3 Å². The van der Waals surface area contributed by atoms with Gasteiger partial charge in [0.25, 0.3) is 0 Å². The minimum Gasteiger partial charge on any atom is -0.466 e. The van der Waals surface area contributed by atoms with E-state index in [1.165, 1.54) is 6.07 Å². The molecule has 1 N–H and O–H groups in total. The molecule has 2 aromatic rings. The standard InChI is InChI=1S/C13H12Br2FNO/c1-2-17-12(13-10(15)5-6-18-13)9-4-3-8(14)7-11(9)16/h3-7,12,17H,2H2,1H3. The average molecular weight is 377 g/mol. The van der Waals surface area contributed by atoms with E-state index in [1.54, 1.807) is 18.4 Å². The fourth-order valence-electron chi connectivity index (χ4n) is 1.80. The van der Waals surface area contributed by atoms with E-state index in [0.717, 1.165) is 8.95 Å². The Kier molecular flexibility index (Phi) is 4.59. The first-order valence-corrected chi connectivity index (χ1v) is 7.13. The van der Waals surface area contributed by atoms with Gasteiger partial charge in [-0.25, -0.2) is 4.39 Å². The van der Waals surface area contributed by atoms with Crippen molar-refractivity contribution < 1.29 is 8.81 Å². The van der Waals surface area contributed by atoms with Crippen LogP contribution in [0, 0.1) is 5.82 Å². The van der Waals surface area contributed by atoms with Gasteiger partial charge in [0.2, 0.25) is 0 Å². The van der Waals surface area contributed by atoms with Gasteiger partial charge in [-0.05, 0) is 40.7 Å². The lowest BCUT2D eigenvalue weighted by molar-refractivity contribution is 0.439. The van der Waals surface area contributed by atoms with Crippen LogP contribution in [-0.4, -0.2) is 6.54 Å². The lowest BCUT2D eigenvalue weighted by Gasteiger charge is -2.17. The van der Waals surface area contributed by atoms with Crippen LogP contribution in [0.4, 0.5) is 4.39 Å². The molecular formula is C13H12Br2FNO. The Morgan fingerprint density at radius 3 is 2.67 bits per heavy atom. The molecule has 96 valence electrons. The van der Waals surface area contributed by atoms with Gasteiger partial charge in [-0.1, -0.05) is 28.9 Å². The van der Waals surface area contributed by atoms with Gasteiger partial charge in [0, 0.05) is 10.0 Å². The van der Waals surface area contributed by atoms with Crippen LogP contribution < -0.4 is 5.32 Å². The second-order valence-electron chi connectivity index (χ2n) is 3.79. The summed E-state index contributed by atoms with van der Waals surface area (Å²) in [6, 6.07) is 6.53. The van der Waals surface area contributed by atoms with Gasteiger partial charge in [0.05, 0.1) is 16.8 Å². The van der Waals surface area contributed by atoms with Crippen molar-refractivity contribution in [3.63, 3.8) is 0 Å². The van der Waals surface area contributed by atoms with Crippen molar-refractivity contribution in [2.45, 2.75) is 13.0 Å². The molecule has 0 saturated heterocycles. The van der Waals surface area contributed by atoms with Gasteiger partial charge in [0.1, 0.15) is 11.6 Å². The minimum absolute atomic E-state index is 0.265. The van der Waals surface area contributed by atoms with E-state index in [4.69, 9.17) is 4.42 Å². The van der Waals surface area contributed by atoms with Crippen molar-refractivity contribution in [3.05, 3.63) is 56.6 Å². The third kappa shape index (κ3) is 2.84. The van der Waals surface area contributed by atoms with Gasteiger partial charge in [0.15, 0.2) is 0 Å². The Bertz CT molecular complexity index is 542. The molecule has 0 aliphatic heterocycles. The summed E-state index contributed by atoms with van der Waals surface area (Å²) >= 11 is 6.66. The largest absolute Gasteiger partial charge is 0.466 e. The number of hydrogen-bond donors (Lipinski definition) is 1. The van der Waals surface area contributed by atoms with Gasteiger partial charge in [-0.2, -0.15) is 0 Å². The van der Waals surface area contributed by atoms with Crippen molar-refractivity contribution in [3.8, 4) is 0 Å². The van der Waals surface area contributed by atoms with E-state index in [-0.39, 0.29) is 11.9 Å². The first-order valence-electron chi connectivity index (χ1n) is 5.54. The summed E-state index contributed by atoms with van der Waals surface area (Å²) in [4.78, 5) is 0. The normalized spacial score (nSPS) is 12.7. The van der Waals surface area contributed by atoms with Crippen molar-refractivity contribution in [1.29, 1.82) is 0 Å². The van der Waals surface area contributed by atoms with Crippen LogP contribution in [0.15, 0.2) is 43.9 Å². The highest BCUT2D eigenvalue weighted by molar-refractivity contribution is 9.10. The molecule has 0 radical (unpaired) electrons. The fourth-order valence-corrected chi connectivity index (χ4v) is 2.56. The third-order valence-corrected chi connectivity index (χ3v) is 3.74. The zero-order valence-corrected chi connectivity index (χ0v) is 12.9. The Morgan fingerprint density at radius 1 is 1.33 bits per heavy atom. The Labute approximate surface area is 122 Å². The molecule has 1 aromatic heterocycles. The van der Waals surface area contributed by atoms with Crippen molar-refractivity contribution >= 4 is 31.9 Å². The molecular weight excluding hydrogens is 365 g/mol. The molecule has 0 bridgehead atoms. The molecule has 0 spiro atoms. The molecule has 1 unspecified atom stereocenters. The van der Waals surface area contributed by atoms with E-state index in [1.807, 2.05) is 13.0 Å². The van der Waals surface area contributed by atoms with E-state index in [0.29, 0.717) is 17.9 Å². The molecule has 0 saturated carbocycles. The SMILES string of the molecule is CCNC(c1ccc(Br)cc1F)c1occc1Br. The maximum absolute atomic E-state index is 14.0. The lowest BCUT2D eigenvalue weighted by Crippen LogP contribution is -2.22. The maximum atomic E-state index is 14.0. The molecule has 0 aliphatic rings. The molecule has 5 heteroatoms. The molecule has 1 heterocycles. The van der Waals surface area contributed by atoms with E-state index < -0.39 is 0 Å². The van der Waals surface area contributed by atoms with Crippen LogP contribution in [0.5, 0.6) is 0 Å². The molecule has 0 fully saturated rings. The smallest absolute Gasteiger partial charge is 0.139 e. The van der Waals surface area contributed by atoms with E-state index in [2.05, 4.69) is 37.2 Å². The van der Waals surface area contributed by atoms with Gasteiger partial charge < -0.3 is 9.73 Å². The number of furan rings is 1. The van der Waals surface area contributed by atoms with Crippen LogP contribution in [-0.2, 0) is 0 Å². The second kappa shape index (κ2) is 5.99. The first-order chi connectivity index (χ1) is 8.63. The fraction of sp³-hybridized carbons (Fsp3) is 0.231. The third-order valence-electron chi connectivity index (χ3n) is 2.59. The minimum atomic E-state index is -0.299. The number of nitrogens with one attached hydrogen (secondary N) is 1. The molecule has 2 nitrogen and oxygen atoms in total. The molecule has 1 aromatic carbocycles. The monoisotopic (exact) mass is 375 g/mol. The van der Waals surface area contributed by atoms with Gasteiger partial charge in [-0.15, -0.1) is 0 Å². The van der Waals surface area contributed by atoms with Crippen LogP contribution in [0.2, 0.25) is 0 Å². The zero-order valence-electron chi connectivity index (χ0n) is 9.71. The Hall–Kier alpha value is -0.650. The molecule has 18 heavy (non-hydrogen) atoms. The van der Waals surface area contributed by atoms with Crippen molar-refractivity contribution in [2.75, 3.05) is 6.54 Å². The van der Waals surface area contributed by atoms with Gasteiger partial charge >= 0.3 is 0 Å². The summed E-state index contributed by atoms with van der Waals surface area (Å²) in [6.07, 6.45) is 1.58. The van der Waals surface area contributed by atoms with E-state index >= 15 is 0 Å². The summed E-state index contributed by atoms with van der Waals surface area (Å²) in [5.74, 6) is 0.414. The number of rotatable bonds is 4. The molecule has 0 amide bonds. The predicted molar refractivity (Wildman–Crippen MR) is 76.0 cm³/mol. The molecule has 0 aliphatic carbocycles. The lowest BCUT2D eigenvalue weighted by atomic mass is 10.0. The second-order valence-corrected chi connectivity index (χ2v) is 5.56. The van der Waals surface area contributed by atoms with Crippen LogP contribution in [0.25, 0.3) is 0 Å². The Balaban J connectivity index is 2.45. The summed E-state index contributed by atoms with van der Waals surface area (Å²) in [7, 11) is 0. The summed E-state index contributed by atoms with van der Waals surface area (Å²) in [5, 5.41) is 3.22. The first kappa shape index (κ1) is 13.8. The van der Waals surface area contributed by atoms with Crippen molar-refractivity contribution in [2.24, 2.45) is 0 Å². The summed E-state index contributed by atoms with van der Waals surface area (Å²) in [5.41, 5.74) is 0.565. The molecule has 1 atom stereocenters. The highest BCUT2D eigenvalue weighted by Crippen LogP contribution is 2.31. The van der Waals surface area contributed by atoms with E-state index in [9.17, 15) is 4.39 Å². The van der Waals surface area contributed by atoms with Crippen LogP contribution in [0.3, 0.4) is 0 Å². The molecule has 2 rings (SSSR count). The number of halogens is 3. The highest BCUT2D eigenvalue weighted by atomic mass is 79.9. The topological polar surface area (TPSA) is 25.2 Å². The van der Waals surface area contributed by atoms with Crippen molar-refractivity contribution in [1.82, 2.24) is 5.32 Å². The van der Waals surface area contributed by atoms with Crippen LogP contribution >= 0.6 is 31.9 Å². The maximum Gasteiger partial charge on any atom is 0.139 e. The Morgan fingerprint density at radius 2 is 2.11 bits per heavy atom. The number of hydrogen-bond acceptors (Lipinski definition) is 2. The van der Waals surface area contributed by atoms with Gasteiger partial charge in [-0.3, -0.25) is 0 Å². The quantitative estimate of drug-likeness (QED) is 0.840. The number of benzene rings is 1. The zero-order chi connectivity index (χ0) is 13.1. The summed E-state index contributed by atoms with van der Waals surface area (Å²) < 4.78 is 21.0.